The highest BCUT2D eigenvalue weighted by Gasteiger charge is 2.26. The number of ether oxygens (including phenoxy) is 2. The van der Waals surface area contributed by atoms with E-state index in [0.717, 1.165) is 22.0 Å². The number of rotatable bonds is 9. The average Bonchev–Trinajstić information content (AvgIpc) is 3.29. The number of aromatic amines is 1. The lowest BCUT2D eigenvalue weighted by Crippen LogP contribution is -2.44. The van der Waals surface area contributed by atoms with Crippen molar-refractivity contribution in [2.75, 3.05) is 6.61 Å². The van der Waals surface area contributed by atoms with Crippen LogP contribution in [0.3, 0.4) is 0 Å². The lowest BCUT2D eigenvalue weighted by Gasteiger charge is -2.17. The number of Topliss-reactive ketones (excluding diaryl/α,β-unsaturated/α-hetero) is 1. The molecule has 1 aromatic heterocycles. The third-order valence-corrected chi connectivity index (χ3v) is 5.62. The number of para-hydroxylation sites is 1. The zero-order chi connectivity index (χ0) is 24.6. The topological polar surface area (TPSA) is 97.5 Å². The molecule has 0 saturated carbocycles. The molecule has 0 spiro atoms. The maximum Gasteiger partial charge on any atom is 0.408 e. The van der Waals surface area contributed by atoms with Crippen LogP contribution in [0.2, 0.25) is 5.02 Å². The highest BCUT2D eigenvalue weighted by atomic mass is 35.5. The number of nitrogens with one attached hydrogen (secondary N) is 2. The van der Waals surface area contributed by atoms with E-state index in [1.807, 2.05) is 54.6 Å². The standard InChI is InChI=1S/C27H23ClN2O5/c28-21-10-6-9-19(13-21)25(31)17-34-26(32)24(14-20-15-29-23-12-5-4-11-22(20)23)30-27(33)35-16-18-7-2-1-3-8-18/h1-13,15,24,29H,14,16-17H2,(H,30,33). The van der Waals surface area contributed by atoms with Gasteiger partial charge in [-0.15, -0.1) is 0 Å². The van der Waals surface area contributed by atoms with Crippen molar-refractivity contribution in [1.82, 2.24) is 10.3 Å². The minimum Gasteiger partial charge on any atom is -0.456 e. The van der Waals surface area contributed by atoms with Crippen molar-refractivity contribution in [3.8, 4) is 0 Å². The van der Waals surface area contributed by atoms with Crippen LogP contribution in [0.15, 0.2) is 85.1 Å². The summed E-state index contributed by atoms with van der Waals surface area (Å²) in [6.45, 7) is -0.431. The number of alkyl carbamates (subject to hydrolysis) is 1. The summed E-state index contributed by atoms with van der Waals surface area (Å²) in [7, 11) is 0. The zero-order valence-electron chi connectivity index (χ0n) is 18.7. The highest BCUT2D eigenvalue weighted by Crippen LogP contribution is 2.20. The van der Waals surface area contributed by atoms with Gasteiger partial charge in [0.25, 0.3) is 0 Å². The summed E-state index contributed by atoms with van der Waals surface area (Å²) in [5, 5.41) is 3.90. The lowest BCUT2D eigenvalue weighted by molar-refractivity contribution is -0.144. The summed E-state index contributed by atoms with van der Waals surface area (Å²) in [5.74, 6) is -1.15. The molecule has 8 heteroatoms. The van der Waals surface area contributed by atoms with Gasteiger partial charge in [-0.05, 0) is 29.3 Å². The second-order valence-corrected chi connectivity index (χ2v) is 8.30. The summed E-state index contributed by atoms with van der Waals surface area (Å²) in [6.07, 6.45) is 1.16. The molecular weight excluding hydrogens is 468 g/mol. The normalized spacial score (nSPS) is 11.6. The molecule has 1 atom stereocenters. The number of esters is 1. The van der Waals surface area contributed by atoms with Crippen molar-refractivity contribution in [2.45, 2.75) is 19.1 Å². The van der Waals surface area contributed by atoms with Gasteiger partial charge in [0, 0.05) is 34.1 Å². The van der Waals surface area contributed by atoms with Crippen LogP contribution in [0, 0.1) is 0 Å². The molecule has 35 heavy (non-hydrogen) atoms. The van der Waals surface area contributed by atoms with Gasteiger partial charge in [-0.25, -0.2) is 9.59 Å². The van der Waals surface area contributed by atoms with Gasteiger partial charge >= 0.3 is 12.1 Å². The molecule has 0 aliphatic carbocycles. The van der Waals surface area contributed by atoms with Crippen molar-refractivity contribution in [1.29, 1.82) is 0 Å². The number of amides is 1. The molecule has 0 saturated heterocycles. The number of carbonyl (C=O) groups excluding carboxylic acids is 3. The first-order valence-electron chi connectivity index (χ1n) is 11.0. The number of benzene rings is 3. The summed E-state index contributed by atoms with van der Waals surface area (Å²) >= 11 is 5.94. The molecule has 0 fully saturated rings. The molecule has 0 aliphatic heterocycles. The van der Waals surface area contributed by atoms with Crippen molar-refractivity contribution in [3.05, 3.63) is 107 Å². The Morgan fingerprint density at radius 3 is 2.49 bits per heavy atom. The smallest absolute Gasteiger partial charge is 0.408 e. The second-order valence-electron chi connectivity index (χ2n) is 7.86. The first-order valence-corrected chi connectivity index (χ1v) is 11.3. The van der Waals surface area contributed by atoms with Crippen LogP contribution in [-0.2, 0) is 27.3 Å². The predicted octanol–water partition coefficient (Wildman–Crippen LogP) is 5.08. The molecule has 0 bridgehead atoms. The number of fused-ring (bicyclic) bond motifs is 1. The van der Waals surface area contributed by atoms with Crippen LogP contribution in [0.4, 0.5) is 4.79 Å². The van der Waals surface area contributed by atoms with Crippen LogP contribution in [-0.4, -0.2) is 35.5 Å². The Morgan fingerprint density at radius 2 is 1.69 bits per heavy atom. The fourth-order valence-corrected chi connectivity index (χ4v) is 3.79. The minimum atomic E-state index is -1.07. The van der Waals surface area contributed by atoms with Crippen LogP contribution in [0.25, 0.3) is 10.9 Å². The number of hydrogen-bond acceptors (Lipinski definition) is 5. The molecule has 7 nitrogen and oxygen atoms in total. The molecule has 1 unspecified atom stereocenters. The first-order chi connectivity index (χ1) is 17.0. The summed E-state index contributed by atoms with van der Waals surface area (Å²) in [6, 6.07) is 22.1. The molecule has 0 aliphatic rings. The van der Waals surface area contributed by atoms with E-state index in [9.17, 15) is 14.4 Å². The van der Waals surface area contributed by atoms with E-state index in [4.69, 9.17) is 21.1 Å². The number of carbonyl (C=O) groups is 3. The summed E-state index contributed by atoms with van der Waals surface area (Å²) in [5.41, 5.74) is 2.85. The Bertz CT molecular complexity index is 1340. The van der Waals surface area contributed by atoms with Crippen LogP contribution < -0.4 is 5.32 Å². The third kappa shape index (κ3) is 6.49. The molecule has 178 valence electrons. The molecule has 2 N–H and O–H groups in total. The fraction of sp³-hybridized carbons (Fsp3) is 0.148. The number of aromatic nitrogens is 1. The third-order valence-electron chi connectivity index (χ3n) is 5.38. The Labute approximate surface area is 207 Å². The van der Waals surface area contributed by atoms with Crippen molar-refractivity contribution in [3.63, 3.8) is 0 Å². The zero-order valence-corrected chi connectivity index (χ0v) is 19.5. The Kier molecular flexibility index (Phi) is 7.80. The van der Waals surface area contributed by atoms with Crippen LogP contribution >= 0.6 is 11.6 Å². The molecule has 4 aromatic rings. The van der Waals surface area contributed by atoms with Crippen molar-refractivity contribution in [2.24, 2.45) is 0 Å². The van der Waals surface area contributed by atoms with Gasteiger partial charge in [0.1, 0.15) is 12.6 Å². The lowest BCUT2D eigenvalue weighted by atomic mass is 10.1. The maximum absolute atomic E-state index is 12.9. The van der Waals surface area contributed by atoms with Crippen molar-refractivity contribution < 1.29 is 23.9 Å². The fourth-order valence-electron chi connectivity index (χ4n) is 3.60. The van der Waals surface area contributed by atoms with Crippen LogP contribution in [0.1, 0.15) is 21.5 Å². The SMILES string of the molecule is O=C(NC(Cc1c[nH]c2ccccc12)C(=O)OCC(=O)c1cccc(Cl)c1)OCc1ccccc1. The second kappa shape index (κ2) is 11.4. The maximum atomic E-state index is 12.9. The number of H-pyrrole nitrogens is 1. The summed E-state index contributed by atoms with van der Waals surface area (Å²) in [4.78, 5) is 41.0. The molecule has 0 radical (unpaired) electrons. The van der Waals surface area contributed by atoms with Crippen molar-refractivity contribution >= 4 is 40.3 Å². The Morgan fingerprint density at radius 1 is 0.914 bits per heavy atom. The minimum absolute atomic E-state index is 0.0504. The van der Waals surface area contributed by atoms with E-state index in [1.165, 1.54) is 6.07 Å². The molecule has 1 amide bonds. The van der Waals surface area contributed by atoms with Gasteiger partial charge in [-0.3, -0.25) is 4.79 Å². The van der Waals surface area contributed by atoms with E-state index in [0.29, 0.717) is 10.6 Å². The molecule has 4 rings (SSSR count). The number of hydrogen-bond donors (Lipinski definition) is 2. The van der Waals surface area contributed by atoms with Crippen LogP contribution in [0.5, 0.6) is 0 Å². The van der Waals surface area contributed by atoms with Gasteiger partial charge in [0.15, 0.2) is 12.4 Å². The van der Waals surface area contributed by atoms with Gasteiger partial charge < -0.3 is 19.8 Å². The van der Waals surface area contributed by atoms with Gasteiger partial charge in [0.2, 0.25) is 0 Å². The predicted molar refractivity (Wildman–Crippen MR) is 132 cm³/mol. The first kappa shape index (κ1) is 24.0. The molecule has 1 heterocycles. The summed E-state index contributed by atoms with van der Waals surface area (Å²) < 4.78 is 10.5. The van der Waals surface area contributed by atoms with Gasteiger partial charge in [-0.1, -0.05) is 72.3 Å². The molecule has 3 aromatic carbocycles. The monoisotopic (exact) mass is 490 g/mol. The van der Waals surface area contributed by atoms with Gasteiger partial charge in [-0.2, -0.15) is 0 Å². The molecular formula is C27H23ClN2O5. The van der Waals surface area contributed by atoms with E-state index < -0.39 is 30.5 Å². The number of ketones is 1. The van der Waals surface area contributed by atoms with Gasteiger partial charge in [0.05, 0.1) is 0 Å². The quantitative estimate of drug-likeness (QED) is 0.252. The average molecular weight is 491 g/mol. The Balaban J connectivity index is 1.44. The van der Waals surface area contributed by atoms with E-state index in [2.05, 4.69) is 10.3 Å². The van der Waals surface area contributed by atoms with E-state index in [-0.39, 0.29) is 13.0 Å². The number of halogens is 1. The largest absolute Gasteiger partial charge is 0.456 e. The van der Waals surface area contributed by atoms with E-state index in [1.54, 1.807) is 24.4 Å². The highest BCUT2D eigenvalue weighted by molar-refractivity contribution is 6.31. The van der Waals surface area contributed by atoms with E-state index >= 15 is 0 Å². The Hall–Kier alpha value is -4.10.